The Labute approximate surface area is 193 Å². The van der Waals surface area contributed by atoms with Gasteiger partial charge in [0.1, 0.15) is 11.9 Å². The third-order valence-corrected chi connectivity index (χ3v) is 13.2. The molecule has 0 spiro atoms. The first-order valence-electron chi connectivity index (χ1n) is 12.3. The van der Waals surface area contributed by atoms with Gasteiger partial charge in [-0.1, -0.05) is 44.1 Å². The molecule has 32 heavy (non-hydrogen) atoms. The second kappa shape index (κ2) is 8.90. The highest BCUT2D eigenvalue weighted by Crippen LogP contribution is 2.55. The lowest BCUT2D eigenvalue weighted by molar-refractivity contribution is -0.143. The minimum Gasteiger partial charge on any atom is -0.458 e. The Morgan fingerprint density at radius 3 is 2.59 bits per heavy atom. The van der Waals surface area contributed by atoms with Crippen LogP contribution in [0.25, 0.3) is 6.08 Å². The van der Waals surface area contributed by atoms with Gasteiger partial charge in [0.05, 0.1) is 5.60 Å². The van der Waals surface area contributed by atoms with Crippen LogP contribution in [0.2, 0.25) is 18.1 Å². The molecule has 1 aromatic rings. The van der Waals surface area contributed by atoms with Gasteiger partial charge in [0, 0.05) is 17.4 Å². The van der Waals surface area contributed by atoms with Gasteiger partial charge in [-0.05, 0) is 81.4 Å². The van der Waals surface area contributed by atoms with Crippen LogP contribution in [0.4, 0.5) is 4.39 Å². The van der Waals surface area contributed by atoms with E-state index in [4.69, 9.17) is 9.16 Å². The van der Waals surface area contributed by atoms with Crippen molar-refractivity contribution in [2.24, 2.45) is 11.8 Å². The summed E-state index contributed by atoms with van der Waals surface area (Å²) in [4.78, 5) is 13.0. The molecule has 1 saturated heterocycles. The van der Waals surface area contributed by atoms with Gasteiger partial charge in [-0.3, -0.25) is 0 Å². The fraction of sp³-hybridized carbons (Fsp3) is 0.593. The molecule has 1 aromatic carbocycles. The molecule has 1 aliphatic heterocycles. The molecule has 3 aliphatic rings. The molecular weight excluding hydrogens is 419 g/mol. The van der Waals surface area contributed by atoms with Crippen LogP contribution in [0.5, 0.6) is 0 Å². The molecule has 0 radical (unpaired) electrons. The first-order chi connectivity index (χ1) is 15.3. The van der Waals surface area contributed by atoms with E-state index in [1.54, 1.807) is 6.07 Å². The Morgan fingerprint density at radius 2 is 1.94 bits per heavy atom. The molecule has 0 aromatic heterocycles. The molecule has 1 saturated carbocycles. The quantitative estimate of drug-likeness (QED) is 0.199. The van der Waals surface area contributed by atoms with Crippen molar-refractivity contribution < 1.29 is 18.3 Å². The topological polar surface area (TPSA) is 35.5 Å². The number of carbonyl (C=O) groups is 1. The van der Waals surface area contributed by atoms with E-state index in [9.17, 15) is 9.18 Å². The van der Waals surface area contributed by atoms with E-state index in [-0.39, 0.29) is 35.3 Å². The molecule has 2 fully saturated rings. The molecule has 0 amide bonds. The number of allylic oxidation sites excluding steroid dienone is 1. The Hall–Kier alpha value is -1.72. The van der Waals surface area contributed by atoms with Gasteiger partial charge in [0.15, 0.2) is 8.32 Å². The monoisotopic (exact) mass is 456 g/mol. The largest absolute Gasteiger partial charge is 0.458 e. The van der Waals surface area contributed by atoms with Gasteiger partial charge in [-0.25, -0.2) is 9.18 Å². The second-order valence-electron chi connectivity index (χ2n) is 10.1. The zero-order valence-corrected chi connectivity index (χ0v) is 21.2. The van der Waals surface area contributed by atoms with E-state index in [1.165, 1.54) is 23.3 Å². The van der Waals surface area contributed by atoms with Crippen LogP contribution in [0.3, 0.4) is 0 Å². The summed E-state index contributed by atoms with van der Waals surface area (Å²) in [5, 5.41) is 0. The SMILES string of the molecule is CC[Si](CC)(CC)O[C@]1(C)CCC2=C(C)CC[C@H]3/C(=C\c4cccc(F)c4)C(=O)O[C@@H]3[C@H]21. The fourth-order valence-electron chi connectivity index (χ4n) is 6.36. The lowest BCUT2D eigenvalue weighted by Crippen LogP contribution is -2.51. The van der Waals surface area contributed by atoms with Crippen molar-refractivity contribution in [3.63, 3.8) is 0 Å². The molecule has 0 unspecified atom stereocenters. The van der Waals surface area contributed by atoms with E-state index < -0.39 is 8.32 Å². The number of benzene rings is 1. The van der Waals surface area contributed by atoms with Gasteiger partial charge >= 0.3 is 5.97 Å². The summed E-state index contributed by atoms with van der Waals surface area (Å²) >= 11 is 0. The van der Waals surface area contributed by atoms with Crippen LogP contribution in [-0.2, 0) is 14.0 Å². The lowest BCUT2D eigenvalue weighted by Gasteiger charge is -2.43. The van der Waals surface area contributed by atoms with E-state index in [2.05, 4.69) is 34.6 Å². The summed E-state index contributed by atoms with van der Waals surface area (Å²) in [5.74, 6) is -0.416. The van der Waals surface area contributed by atoms with Crippen LogP contribution < -0.4 is 0 Å². The number of ether oxygens (including phenoxy) is 1. The van der Waals surface area contributed by atoms with E-state index in [1.807, 2.05) is 12.1 Å². The standard InChI is InChI=1S/C27H37FO3Si/c1-6-32(7-2,8-3)31-27(5)15-14-21-18(4)12-13-22-23(26(29)30-25(22)24(21)27)17-19-10-9-11-20(28)16-19/h9-11,16-17,22,24-25H,6-8,12-15H2,1-5H3/b23-17+/t22-,24-,25-,27+/m0/s1. The van der Waals surface area contributed by atoms with E-state index >= 15 is 0 Å². The first kappa shape index (κ1) is 23.4. The van der Waals surface area contributed by atoms with Crippen molar-refractivity contribution >= 4 is 20.4 Å². The predicted octanol–water partition coefficient (Wildman–Crippen LogP) is 7.05. The van der Waals surface area contributed by atoms with Crippen molar-refractivity contribution in [1.82, 2.24) is 0 Å². The molecule has 174 valence electrons. The van der Waals surface area contributed by atoms with Crippen molar-refractivity contribution in [2.45, 2.75) is 90.1 Å². The molecule has 0 N–H and O–H groups in total. The lowest BCUT2D eigenvalue weighted by atomic mass is 9.79. The molecule has 0 bridgehead atoms. The van der Waals surface area contributed by atoms with Crippen molar-refractivity contribution in [3.05, 3.63) is 52.4 Å². The molecular formula is C27H37FO3Si. The average Bonchev–Trinajstić information content (AvgIpc) is 3.22. The van der Waals surface area contributed by atoms with Crippen LogP contribution in [0.15, 0.2) is 41.0 Å². The number of hydrogen-bond acceptors (Lipinski definition) is 3. The minimum atomic E-state index is -1.83. The molecule has 5 heteroatoms. The van der Waals surface area contributed by atoms with Crippen molar-refractivity contribution in [2.75, 3.05) is 0 Å². The Kier molecular flexibility index (Phi) is 6.52. The highest BCUT2D eigenvalue weighted by molar-refractivity contribution is 6.73. The first-order valence-corrected chi connectivity index (χ1v) is 14.9. The highest BCUT2D eigenvalue weighted by atomic mass is 28.4. The summed E-state index contributed by atoms with van der Waals surface area (Å²) in [6, 6.07) is 9.76. The molecule has 3 nitrogen and oxygen atoms in total. The number of esters is 1. The number of halogens is 1. The normalized spacial score (nSPS) is 31.5. The highest BCUT2D eigenvalue weighted by Gasteiger charge is 2.57. The molecule has 4 rings (SSSR count). The van der Waals surface area contributed by atoms with Crippen molar-refractivity contribution in [3.8, 4) is 0 Å². The molecule has 4 atom stereocenters. The molecule has 2 aliphatic carbocycles. The maximum absolute atomic E-state index is 13.8. The Bertz CT molecular complexity index is 940. The Morgan fingerprint density at radius 1 is 1.22 bits per heavy atom. The summed E-state index contributed by atoms with van der Waals surface area (Å²) < 4.78 is 27.1. The smallest absolute Gasteiger partial charge is 0.334 e. The van der Waals surface area contributed by atoms with Gasteiger partial charge in [-0.2, -0.15) is 0 Å². The van der Waals surface area contributed by atoms with Gasteiger partial charge < -0.3 is 9.16 Å². The summed E-state index contributed by atoms with van der Waals surface area (Å²) in [5.41, 5.74) is 3.99. The Balaban J connectivity index is 1.73. The third-order valence-electron chi connectivity index (χ3n) is 8.46. The zero-order chi connectivity index (χ0) is 23.1. The fourth-order valence-corrected chi connectivity index (χ4v) is 9.51. The van der Waals surface area contributed by atoms with Crippen LogP contribution in [0, 0.1) is 17.7 Å². The second-order valence-corrected chi connectivity index (χ2v) is 14.8. The number of hydrogen-bond donors (Lipinski definition) is 0. The maximum atomic E-state index is 13.8. The van der Waals surface area contributed by atoms with Crippen LogP contribution >= 0.6 is 0 Å². The van der Waals surface area contributed by atoms with E-state index in [0.29, 0.717) is 11.1 Å². The number of fused-ring (bicyclic) bond motifs is 3. The van der Waals surface area contributed by atoms with Gasteiger partial charge in [-0.15, -0.1) is 0 Å². The number of carbonyl (C=O) groups excluding carboxylic acids is 1. The number of rotatable bonds is 6. The van der Waals surface area contributed by atoms with Gasteiger partial charge in [0.2, 0.25) is 0 Å². The predicted molar refractivity (Wildman–Crippen MR) is 129 cm³/mol. The third kappa shape index (κ3) is 4.03. The molecule has 1 heterocycles. The van der Waals surface area contributed by atoms with E-state index in [0.717, 1.165) is 43.8 Å². The summed E-state index contributed by atoms with van der Waals surface area (Å²) in [6.07, 6.45) is 5.52. The minimum absolute atomic E-state index is 0.0187. The maximum Gasteiger partial charge on any atom is 0.334 e. The zero-order valence-electron chi connectivity index (χ0n) is 20.2. The van der Waals surface area contributed by atoms with Crippen LogP contribution in [-0.4, -0.2) is 26.0 Å². The summed E-state index contributed by atoms with van der Waals surface area (Å²) in [6.45, 7) is 11.3. The van der Waals surface area contributed by atoms with Gasteiger partial charge in [0.25, 0.3) is 0 Å². The average molecular weight is 457 g/mol. The summed E-state index contributed by atoms with van der Waals surface area (Å²) in [7, 11) is -1.83. The van der Waals surface area contributed by atoms with Crippen LogP contribution in [0.1, 0.15) is 65.9 Å². The van der Waals surface area contributed by atoms with Crippen molar-refractivity contribution in [1.29, 1.82) is 0 Å².